The first-order valence-corrected chi connectivity index (χ1v) is 6.60. The summed E-state index contributed by atoms with van der Waals surface area (Å²) < 4.78 is 51.9. The fraction of sp³-hybridized carbons (Fsp3) is 0.0909. The lowest BCUT2D eigenvalue weighted by Crippen LogP contribution is -2.09. The van der Waals surface area contributed by atoms with E-state index in [1.165, 1.54) is 12.1 Å². The second-order valence-corrected chi connectivity index (χ2v) is 5.32. The molecule has 0 amide bonds. The number of aromatic nitrogens is 2. The molecule has 1 aromatic carbocycles. The molecule has 0 saturated carbocycles. The Labute approximate surface area is 128 Å². The van der Waals surface area contributed by atoms with Gasteiger partial charge in [-0.2, -0.15) is 13.2 Å². The largest absolute Gasteiger partial charge is 0.431 e. The van der Waals surface area contributed by atoms with Crippen molar-refractivity contribution in [2.24, 2.45) is 0 Å². The van der Waals surface area contributed by atoms with Crippen molar-refractivity contribution in [3.63, 3.8) is 0 Å². The van der Waals surface area contributed by atoms with Crippen LogP contribution >= 0.6 is 39.7 Å². The molecule has 0 aliphatic heterocycles. The maximum Gasteiger partial charge on any atom is 0.431 e. The Bertz CT molecular complexity index is 729. The van der Waals surface area contributed by atoms with Gasteiger partial charge in [-0.05, 0) is 46.3 Å². The quantitative estimate of drug-likeness (QED) is 0.404. The second-order valence-electron chi connectivity index (χ2n) is 3.71. The van der Waals surface area contributed by atoms with E-state index < -0.39 is 22.5 Å². The minimum absolute atomic E-state index is 0.163. The lowest BCUT2D eigenvalue weighted by molar-refractivity contribution is -0.141. The zero-order chi connectivity index (χ0) is 15.1. The second kappa shape index (κ2) is 5.42. The predicted molar refractivity (Wildman–Crippen MR) is 72.5 cm³/mol. The SMILES string of the molecule is Fc1c(-c2cc(C(F)(F)F)[nH]c(=S)n2)ccc(Br)c1Cl. The fourth-order valence-corrected chi connectivity index (χ4v) is 2.15. The maximum absolute atomic E-state index is 14.0. The average molecular weight is 388 g/mol. The molecule has 2 nitrogen and oxygen atoms in total. The molecule has 1 heterocycles. The first-order chi connectivity index (χ1) is 9.20. The third kappa shape index (κ3) is 3.02. The van der Waals surface area contributed by atoms with Crippen LogP contribution in [0.3, 0.4) is 0 Å². The van der Waals surface area contributed by atoms with E-state index in [2.05, 4.69) is 33.1 Å². The highest BCUT2D eigenvalue weighted by Crippen LogP contribution is 2.34. The summed E-state index contributed by atoms with van der Waals surface area (Å²) in [5, 5.41) is -0.239. The summed E-state index contributed by atoms with van der Waals surface area (Å²) in [6, 6.07) is 3.36. The number of H-pyrrole nitrogens is 1. The molecule has 0 atom stereocenters. The number of nitrogens with one attached hydrogen (secondary N) is 1. The van der Waals surface area contributed by atoms with Gasteiger partial charge in [0.1, 0.15) is 5.69 Å². The highest BCUT2D eigenvalue weighted by molar-refractivity contribution is 9.10. The van der Waals surface area contributed by atoms with Crippen LogP contribution in [0, 0.1) is 10.6 Å². The molecule has 20 heavy (non-hydrogen) atoms. The van der Waals surface area contributed by atoms with E-state index >= 15 is 0 Å². The Morgan fingerprint density at radius 3 is 2.55 bits per heavy atom. The molecule has 2 rings (SSSR count). The van der Waals surface area contributed by atoms with Gasteiger partial charge < -0.3 is 4.98 Å². The Morgan fingerprint density at radius 1 is 1.30 bits per heavy atom. The lowest BCUT2D eigenvalue weighted by Gasteiger charge is -2.10. The third-order valence-electron chi connectivity index (χ3n) is 2.36. The first kappa shape index (κ1) is 15.4. The zero-order valence-electron chi connectivity index (χ0n) is 9.36. The molecule has 0 aliphatic rings. The summed E-state index contributed by atoms with van der Waals surface area (Å²) in [6.45, 7) is 0. The van der Waals surface area contributed by atoms with E-state index in [1.54, 1.807) is 0 Å². The molecule has 9 heteroatoms. The molecule has 0 saturated heterocycles. The molecule has 1 aromatic heterocycles. The van der Waals surface area contributed by atoms with Gasteiger partial charge in [0.15, 0.2) is 10.6 Å². The Morgan fingerprint density at radius 2 is 1.95 bits per heavy atom. The Balaban J connectivity index is 2.68. The zero-order valence-corrected chi connectivity index (χ0v) is 12.5. The van der Waals surface area contributed by atoms with Crippen LogP contribution in [0.2, 0.25) is 5.02 Å². The smallest absolute Gasteiger partial charge is 0.327 e. The number of alkyl halides is 3. The monoisotopic (exact) mass is 386 g/mol. The molecule has 0 aliphatic carbocycles. The van der Waals surface area contributed by atoms with Crippen LogP contribution in [0.1, 0.15) is 5.69 Å². The minimum Gasteiger partial charge on any atom is -0.327 e. The number of benzene rings is 1. The summed E-state index contributed by atoms with van der Waals surface area (Å²) in [6.07, 6.45) is -4.64. The molecular formula is C11H4BrClF4N2S. The molecule has 0 radical (unpaired) electrons. The van der Waals surface area contributed by atoms with Gasteiger partial charge >= 0.3 is 6.18 Å². The molecule has 2 aromatic rings. The number of halogens is 6. The minimum atomic E-state index is -4.64. The molecule has 0 spiro atoms. The topological polar surface area (TPSA) is 28.7 Å². The van der Waals surface area contributed by atoms with Crippen LogP contribution in [0.4, 0.5) is 17.6 Å². The highest BCUT2D eigenvalue weighted by Gasteiger charge is 2.32. The highest BCUT2D eigenvalue weighted by atomic mass is 79.9. The molecular weight excluding hydrogens is 384 g/mol. The van der Waals surface area contributed by atoms with Crippen LogP contribution in [-0.4, -0.2) is 9.97 Å². The van der Waals surface area contributed by atoms with Crippen molar-refractivity contribution in [3.8, 4) is 11.3 Å². The number of rotatable bonds is 1. The first-order valence-electron chi connectivity index (χ1n) is 5.02. The molecule has 106 valence electrons. The van der Waals surface area contributed by atoms with Crippen LogP contribution in [-0.2, 0) is 6.18 Å². The van der Waals surface area contributed by atoms with Crippen molar-refractivity contribution >= 4 is 39.7 Å². The van der Waals surface area contributed by atoms with Crippen LogP contribution < -0.4 is 0 Å². The number of hydrogen-bond acceptors (Lipinski definition) is 2. The van der Waals surface area contributed by atoms with Crippen molar-refractivity contribution in [3.05, 3.63) is 44.0 Å². The van der Waals surface area contributed by atoms with Crippen molar-refractivity contribution in [1.82, 2.24) is 9.97 Å². The summed E-state index contributed by atoms with van der Waals surface area (Å²) in [5.41, 5.74) is -1.51. The van der Waals surface area contributed by atoms with Crippen LogP contribution in [0.5, 0.6) is 0 Å². The van der Waals surface area contributed by atoms with Gasteiger partial charge in [-0.15, -0.1) is 0 Å². The fourth-order valence-electron chi connectivity index (χ4n) is 1.47. The van der Waals surface area contributed by atoms with Gasteiger partial charge in [0.05, 0.1) is 10.7 Å². The Kier molecular flexibility index (Phi) is 4.17. The lowest BCUT2D eigenvalue weighted by atomic mass is 10.1. The van der Waals surface area contributed by atoms with E-state index in [0.29, 0.717) is 6.07 Å². The number of hydrogen-bond donors (Lipinski definition) is 1. The van der Waals surface area contributed by atoms with Gasteiger partial charge in [-0.25, -0.2) is 9.37 Å². The average Bonchev–Trinajstić information content (AvgIpc) is 2.34. The van der Waals surface area contributed by atoms with E-state index in [9.17, 15) is 17.6 Å². The van der Waals surface area contributed by atoms with Gasteiger partial charge in [-0.3, -0.25) is 0 Å². The molecule has 0 bridgehead atoms. The van der Waals surface area contributed by atoms with Gasteiger partial charge in [0.25, 0.3) is 0 Å². The summed E-state index contributed by atoms with van der Waals surface area (Å²) in [7, 11) is 0. The van der Waals surface area contributed by atoms with Gasteiger partial charge in [0.2, 0.25) is 0 Å². The van der Waals surface area contributed by atoms with Gasteiger partial charge in [0, 0.05) is 10.0 Å². The summed E-state index contributed by atoms with van der Waals surface area (Å²) in [4.78, 5) is 5.61. The number of nitrogens with zero attached hydrogens (tertiary/aromatic N) is 1. The van der Waals surface area contributed by atoms with Crippen molar-refractivity contribution < 1.29 is 17.6 Å². The third-order valence-corrected chi connectivity index (χ3v) is 3.81. The van der Waals surface area contributed by atoms with Crippen molar-refractivity contribution in [2.45, 2.75) is 6.18 Å². The summed E-state index contributed by atoms with van der Waals surface area (Å²) in [5.74, 6) is -0.873. The van der Waals surface area contributed by atoms with E-state index in [4.69, 9.17) is 11.6 Å². The number of aromatic amines is 1. The van der Waals surface area contributed by atoms with Crippen LogP contribution in [0.25, 0.3) is 11.3 Å². The molecule has 1 N–H and O–H groups in total. The summed E-state index contributed by atoms with van der Waals surface area (Å²) >= 11 is 13.3. The van der Waals surface area contributed by atoms with E-state index in [-0.39, 0.29) is 20.8 Å². The Hall–Kier alpha value is -0.990. The van der Waals surface area contributed by atoms with E-state index in [0.717, 1.165) is 0 Å². The van der Waals surface area contributed by atoms with Crippen molar-refractivity contribution in [2.75, 3.05) is 0 Å². The van der Waals surface area contributed by atoms with Crippen LogP contribution in [0.15, 0.2) is 22.7 Å². The standard InChI is InChI=1S/C11H4BrClF4N2S/c12-5-2-1-4(9(14)8(5)13)6-3-7(11(15,16)17)19-10(20)18-6/h1-3H,(H,18,19,20). The molecule has 0 fully saturated rings. The maximum atomic E-state index is 14.0. The predicted octanol–water partition coefficient (Wildman–Crippen LogP) is 5.38. The normalized spacial score (nSPS) is 11.7. The molecule has 0 unspecified atom stereocenters. The van der Waals surface area contributed by atoms with E-state index in [1.807, 2.05) is 4.98 Å². The van der Waals surface area contributed by atoms with Crippen molar-refractivity contribution in [1.29, 1.82) is 0 Å². The van der Waals surface area contributed by atoms with Gasteiger partial charge in [-0.1, -0.05) is 11.6 Å².